The topological polar surface area (TPSA) is 26.3 Å². The van der Waals surface area contributed by atoms with Crippen molar-refractivity contribution in [2.75, 3.05) is 6.61 Å². The maximum atomic E-state index is 10.9. The van der Waals surface area contributed by atoms with Crippen molar-refractivity contribution in [3.63, 3.8) is 0 Å². The number of esters is 1. The monoisotopic (exact) mass is 168 g/mol. The summed E-state index contributed by atoms with van der Waals surface area (Å²) in [6.07, 6.45) is 3.41. The summed E-state index contributed by atoms with van der Waals surface area (Å²) < 4.78 is 4.92. The standard InChI is InChI=1S/C10H16O2/c1-4-5-10(2,3)8-6-9(11)12-7-8/h4,8H,1,5-7H2,2-3H3. The van der Waals surface area contributed by atoms with Gasteiger partial charge in [-0.1, -0.05) is 19.9 Å². The van der Waals surface area contributed by atoms with E-state index >= 15 is 0 Å². The van der Waals surface area contributed by atoms with Crippen LogP contribution in [0.15, 0.2) is 12.7 Å². The molecule has 2 heteroatoms. The highest BCUT2D eigenvalue weighted by molar-refractivity contribution is 5.71. The van der Waals surface area contributed by atoms with E-state index in [0.29, 0.717) is 18.9 Å². The van der Waals surface area contributed by atoms with E-state index in [1.807, 2.05) is 6.08 Å². The van der Waals surface area contributed by atoms with Crippen molar-refractivity contribution >= 4 is 5.97 Å². The third-order valence-electron chi connectivity index (χ3n) is 2.63. The Balaban J connectivity index is 2.56. The molecular formula is C10H16O2. The quantitative estimate of drug-likeness (QED) is 0.477. The predicted molar refractivity (Wildman–Crippen MR) is 47.7 cm³/mol. The van der Waals surface area contributed by atoms with E-state index in [0.717, 1.165) is 6.42 Å². The van der Waals surface area contributed by atoms with Crippen LogP contribution in [0.5, 0.6) is 0 Å². The number of hydrogen-bond acceptors (Lipinski definition) is 2. The molecule has 0 amide bonds. The first-order chi connectivity index (χ1) is 5.56. The van der Waals surface area contributed by atoms with Crippen LogP contribution in [0.2, 0.25) is 0 Å². The summed E-state index contributed by atoms with van der Waals surface area (Å²) in [4.78, 5) is 10.9. The van der Waals surface area contributed by atoms with Gasteiger partial charge in [0.05, 0.1) is 13.0 Å². The van der Waals surface area contributed by atoms with Crippen molar-refractivity contribution < 1.29 is 9.53 Å². The Hall–Kier alpha value is -0.790. The Labute approximate surface area is 73.6 Å². The molecule has 12 heavy (non-hydrogen) atoms. The zero-order chi connectivity index (χ0) is 9.19. The van der Waals surface area contributed by atoms with E-state index in [2.05, 4.69) is 20.4 Å². The molecule has 2 nitrogen and oxygen atoms in total. The van der Waals surface area contributed by atoms with Crippen LogP contribution in [0.1, 0.15) is 26.7 Å². The lowest BCUT2D eigenvalue weighted by molar-refractivity contribution is -0.137. The lowest BCUT2D eigenvalue weighted by Gasteiger charge is -2.28. The van der Waals surface area contributed by atoms with Gasteiger partial charge in [0.15, 0.2) is 0 Å². The SMILES string of the molecule is C=CCC(C)(C)C1COC(=O)C1. The van der Waals surface area contributed by atoms with Crippen LogP contribution in [0, 0.1) is 11.3 Å². The third kappa shape index (κ3) is 1.87. The average molecular weight is 168 g/mol. The molecule has 1 atom stereocenters. The molecule has 1 aliphatic heterocycles. The molecule has 1 saturated heterocycles. The lowest BCUT2D eigenvalue weighted by Crippen LogP contribution is -2.23. The highest BCUT2D eigenvalue weighted by atomic mass is 16.5. The van der Waals surface area contributed by atoms with Crippen molar-refractivity contribution in [3.8, 4) is 0 Å². The van der Waals surface area contributed by atoms with Gasteiger partial charge >= 0.3 is 5.97 Å². The van der Waals surface area contributed by atoms with E-state index in [1.165, 1.54) is 0 Å². The van der Waals surface area contributed by atoms with Crippen LogP contribution in [0.3, 0.4) is 0 Å². The van der Waals surface area contributed by atoms with Gasteiger partial charge in [-0.2, -0.15) is 0 Å². The summed E-state index contributed by atoms with van der Waals surface area (Å²) in [5.41, 5.74) is 0.147. The van der Waals surface area contributed by atoms with E-state index in [1.54, 1.807) is 0 Å². The van der Waals surface area contributed by atoms with Crippen LogP contribution in [-0.4, -0.2) is 12.6 Å². The summed E-state index contributed by atoms with van der Waals surface area (Å²) in [6.45, 7) is 8.60. The fourth-order valence-corrected chi connectivity index (χ4v) is 1.55. The highest BCUT2D eigenvalue weighted by Gasteiger charge is 2.35. The molecule has 0 radical (unpaired) electrons. The number of allylic oxidation sites excluding steroid dienone is 1. The number of carbonyl (C=O) groups is 1. The van der Waals surface area contributed by atoms with Crippen LogP contribution in [-0.2, 0) is 9.53 Å². The minimum atomic E-state index is -0.0582. The van der Waals surface area contributed by atoms with Gasteiger partial charge in [-0.25, -0.2) is 0 Å². The number of ether oxygens (including phenoxy) is 1. The second-order valence-electron chi connectivity index (χ2n) is 4.07. The highest BCUT2D eigenvalue weighted by Crippen LogP contribution is 2.36. The number of carbonyl (C=O) groups excluding carboxylic acids is 1. The predicted octanol–water partition coefficient (Wildman–Crippen LogP) is 2.15. The molecule has 0 spiro atoms. The summed E-state index contributed by atoms with van der Waals surface area (Å²) in [7, 11) is 0. The molecule has 68 valence electrons. The molecule has 0 saturated carbocycles. The van der Waals surface area contributed by atoms with Gasteiger partial charge in [-0.15, -0.1) is 6.58 Å². The van der Waals surface area contributed by atoms with E-state index in [-0.39, 0.29) is 11.4 Å². The molecule has 1 unspecified atom stereocenters. The van der Waals surface area contributed by atoms with E-state index in [9.17, 15) is 4.79 Å². The number of hydrogen-bond donors (Lipinski definition) is 0. The fourth-order valence-electron chi connectivity index (χ4n) is 1.55. The third-order valence-corrected chi connectivity index (χ3v) is 2.63. The summed E-state index contributed by atoms with van der Waals surface area (Å²) in [6, 6.07) is 0. The molecule has 1 fully saturated rings. The first-order valence-corrected chi connectivity index (χ1v) is 4.33. The molecule has 0 aliphatic carbocycles. The second-order valence-corrected chi connectivity index (χ2v) is 4.07. The van der Waals surface area contributed by atoms with Crippen molar-refractivity contribution in [2.45, 2.75) is 26.7 Å². The summed E-state index contributed by atoms with van der Waals surface area (Å²) >= 11 is 0. The summed E-state index contributed by atoms with van der Waals surface area (Å²) in [5, 5.41) is 0. The molecule has 0 aromatic rings. The summed E-state index contributed by atoms with van der Waals surface area (Å²) in [5.74, 6) is 0.306. The first kappa shape index (κ1) is 9.30. The zero-order valence-electron chi connectivity index (χ0n) is 7.80. The van der Waals surface area contributed by atoms with E-state index in [4.69, 9.17) is 4.74 Å². The van der Waals surface area contributed by atoms with Crippen molar-refractivity contribution in [1.82, 2.24) is 0 Å². The van der Waals surface area contributed by atoms with E-state index < -0.39 is 0 Å². The largest absolute Gasteiger partial charge is 0.465 e. The smallest absolute Gasteiger partial charge is 0.306 e. The lowest BCUT2D eigenvalue weighted by atomic mass is 9.76. The number of rotatable bonds is 3. The van der Waals surface area contributed by atoms with Crippen LogP contribution < -0.4 is 0 Å². The fraction of sp³-hybridized carbons (Fsp3) is 0.700. The minimum Gasteiger partial charge on any atom is -0.465 e. The zero-order valence-corrected chi connectivity index (χ0v) is 7.80. The van der Waals surface area contributed by atoms with Gasteiger partial charge in [0.2, 0.25) is 0 Å². The molecule has 1 rings (SSSR count). The molecule has 1 heterocycles. The van der Waals surface area contributed by atoms with Gasteiger partial charge in [-0.05, 0) is 11.8 Å². The maximum Gasteiger partial charge on any atom is 0.306 e. The Morgan fingerprint density at radius 3 is 2.83 bits per heavy atom. The number of cyclic esters (lactones) is 1. The molecule has 0 bridgehead atoms. The molecular weight excluding hydrogens is 152 g/mol. The Morgan fingerprint density at radius 1 is 1.75 bits per heavy atom. The van der Waals surface area contributed by atoms with Crippen molar-refractivity contribution in [1.29, 1.82) is 0 Å². The minimum absolute atomic E-state index is 0.0582. The first-order valence-electron chi connectivity index (χ1n) is 4.33. The van der Waals surface area contributed by atoms with Gasteiger partial charge in [-0.3, -0.25) is 4.79 Å². The van der Waals surface area contributed by atoms with Crippen molar-refractivity contribution in [3.05, 3.63) is 12.7 Å². The van der Waals surface area contributed by atoms with Crippen LogP contribution in [0.4, 0.5) is 0 Å². The molecule has 0 aromatic carbocycles. The normalized spacial score (nSPS) is 23.8. The van der Waals surface area contributed by atoms with Crippen LogP contribution in [0.25, 0.3) is 0 Å². The van der Waals surface area contributed by atoms with Crippen LogP contribution >= 0.6 is 0 Å². The van der Waals surface area contributed by atoms with Gasteiger partial charge in [0.25, 0.3) is 0 Å². The Bertz CT molecular complexity index is 194. The Kier molecular flexibility index (Phi) is 2.55. The van der Waals surface area contributed by atoms with Gasteiger partial charge < -0.3 is 4.74 Å². The van der Waals surface area contributed by atoms with Gasteiger partial charge in [0, 0.05) is 5.92 Å². The Morgan fingerprint density at radius 2 is 2.42 bits per heavy atom. The molecule has 0 N–H and O–H groups in total. The second kappa shape index (κ2) is 3.30. The maximum absolute atomic E-state index is 10.9. The average Bonchev–Trinajstić information content (AvgIpc) is 2.36. The molecule has 0 aromatic heterocycles. The molecule has 1 aliphatic rings. The van der Waals surface area contributed by atoms with Crippen molar-refractivity contribution in [2.24, 2.45) is 11.3 Å². The van der Waals surface area contributed by atoms with Gasteiger partial charge in [0.1, 0.15) is 0 Å².